The maximum atomic E-state index is 12.4. The Morgan fingerprint density at radius 3 is 2.96 bits per heavy atom. The van der Waals surface area contributed by atoms with Crippen LogP contribution in [-0.4, -0.2) is 46.6 Å². The molecule has 0 saturated carbocycles. The van der Waals surface area contributed by atoms with Crippen LogP contribution in [0, 0.1) is 16.0 Å². The topological polar surface area (TPSA) is 95.7 Å². The molecular weight excluding hydrogens is 310 g/mol. The standard InChI is InChI=1S/C17H25N3O4/c1-13(19-9-3-4-14(7-10-19)8-11-21)17(22)18-15-5-2-6-16(12-15)20(23)24/h2,5-6,12-14,21H,3-4,7-11H2,1H3,(H,18,22). The summed E-state index contributed by atoms with van der Waals surface area (Å²) < 4.78 is 0. The number of nitro benzene ring substituents is 1. The number of hydrogen-bond acceptors (Lipinski definition) is 5. The summed E-state index contributed by atoms with van der Waals surface area (Å²) >= 11 is 0. The molecule has 1 aromatic rings. The van der Waals surface area contributed by atoms with Gasteiger partial charge in [0.2, 0.25) is 5.91 Å². The number of anilines is 1. The van der Waals surface area contributed by atoms with Crippen molar-refractivity contribution in [3.8, 4) is 0 Å². The van der Waals surface area contributed by atoms with Crippen molar-refractivity contribution in [3.63, 3.8) is 0 Å². The Morgan fingerprint density at radius 1 is 1.46 bits per heavy atom. The highest BCUT2D eigenvalue weighted by atomic mass is 16.6. The van der Waals surface area contributed by atoms with Gasteiger partial charge >= 0.3 is 0 Å². The van der Waals surface area contributed by atoms with Gasteiger partial charge in [-0.1, -0.05) is 6.07 Å². The number of rotatable bonds is 6. The average Bonchev–Trinajstić information content (AvgIpc) is 2.80. The molecule has 1 heterocycles. The van der Waals surface area contributed by atoms with Gasteiger partial charge < -0.3 is 10.4 Å². The van der Waals surface area contributed by atoms with Crippen LogP contribution in [0.1, 0.15) is 32.6 Å². The van der Waals surface area contributed by atoms with Crippen LogP contribution in [0.4, 0.5) is 11.4 Å². The van der Waals surface area contributed by atoms with Gasteiger partial charge in [0.25, 0.3) is 5.69 Å². The highest BCUT2D eigenvalue weighted by Crippen LogP contribution is 2.22. The van der Waals surface area contributed by atoms with Crippen molar-refractivity contribution in [3.05, 3.63) is 34.4 Å². The molecule has 1 saturated heterocycles. The molecule has 0 aliphatic carbocycles. The number of nitrogens with zero attached hydrogens (tertiary/aromatic N) is 2. The van der Waals surface area contributed by atoms with E-state index in [2.05, 4.69) is 10.2 Å². The van der Waals surface area contributed by atoms with Crippen LogP contribution in [-0.2, 0) is 4.79 Å². The molecule has 132 valence electrons. The molecule has 2 atom stereocenters. The van der Waals surface area contributed by atoms with E-state index in [1.54, 1.807) is 12.1 Å². The lowest BCUT2D eigenvalue weighted by Gasteiger charge is -2.26. The second-order valence-electron chi connectivity index (χ2n) is 6.32. The third-order valence-corrected chi connectivity index (χ3v) is 4.67. The Hall–Kier alpha value is -1.99. The van der Waals surface area contributed by atoms with E-state index >= 15 is 0 Å². The average molecular weight is 335 g/mol. The summed E-state index contributed by atoms with van der Waals surface area (Å²) in [5.41, 5.74) is 0.399. The Balaban J connectivity index is 1.94. The summed E-state index contributed by atoms with van der Waals surface area (Å²) in [7, 11) is 0. The van der Waals surface area contributed by atoms with Crippen LogP contribution in [0.25, 0.3) is 0 Å². The SMILES string of the molecule is CC(C(=O)Nc1cccc([N+](=O)[O-])c1)N1CCCC(CCO)CC1. The summed E-state index contributed by atoms with van der Waals surface area (Å²) in [6.45, 7) is 3.76. The molecule has 7 nitrogen and oxygen atoms in total. The fourth-order valence-corrected chi connectivity index (χ4v) is 3.16. The number of non-ortho nitro benzene ring substituents is 1. The normalized spacial score (nSPS) is 20.2. The van der Waals surface area contributed by atoms with E-state index in [1.807, 2.05) is 6.92 Å². The quantitative estimate of drug-likeness (QED) is 0.615. The molecule has 0 radical (unpaired) electrons. The van der Waals surface area contributed by atoms with Gasteiger partial charge in [-0.3, -0.25) is 19.8 Å². The Labute approximate surface area is 141 Å². The third kappa shape index (κ3) is 5.01. The summed E-state index contributed by atoms with van der Waals surface area (Å²) in [6, 6.07) is 5.68. The number of nitro groups is 1. The van der Waals surface area contributed by atoms with Gasteiger partial charge in [0, 0.05) is 24.4 Å². The van der Waals surface area contributed by atoms with Crippen molar-refractivity contribution < 1.29 is 14.8 Å². The van der Waals surface area contributed by atoms with Crippen LogP contribution >= 0.6 is 0 Å². The number of hydrogen-bond donors (Lipinski definition) is 2. The van der Waals surface area contributed by atoms with Crippen molar-refractivity contribution in [1.82, 2.24) is 4.90 Å². The monoisotopic (exact) mass is 335 g/mol. The van der Waals surface area contributed by atoms with E-state index < -0.39 is 4.92 Å². The maximum absolute atomic E-state index is 12.4. The molecular formula is C17H25N3O4. The highest BCUT2D eigenvalue weighted by Gasteiger charge is 2.25. The molecule has 2 rings (SSSR count). The van der Waals surface area contributed by atoms with Crippen LogP contribution in [0.2, 0.25) is 0 Å². The lowest BCUT2D eigenvalue weighted by Crippen LogP contribution is -2.42. The van der Waals surface area contributed by atoms with Gasteiger partial charge in [-0.2, -0.15) is 0 Å². The number of aliphatic hydroxyl groups excluding tert-OH is 1. The number of nitrogens with one attached hydrogen (secondary N) is 1. The number of amides is 1. The lowest BCUT2D eigenvalue weighted by molar-refractivity contribution is -0.384. The Kier molecular flexibility index (Phi) is 6.69. The molecule has 1 aliphatic heterocycles. The largest absolute Gasteiger partial charge is 0.396 e. The first-order chi connectivity index (χ1) is 11.5. The fraction of sp³-hybridized carbons (Fsp3) is 0.588. The van der Waals surface area contributed by atoms with Crippen LogP contribution in [0.3, 0.4) is 0 Å². The number of carbonyl (C=O) groups is 1. The van der Waals surface area contributed by atoms with E-state index in [1.165, 1.54) is 12.1 Å². The first-order valence-electron chi connectivity index (χ1n) is 8.41. The molecule has 24 heavy (non-hydrogen) atoms. The van der Waals surface area contributed by atoms with Crippen molar-refractivity contribution in [2.24, 2.45) is 5.92 Å². The van der Waals surface area contributed by atoms with Gasteiger partial charge in [0.15, 0.2) is 0 Å². The van der Waals surface area contributed by atoms with Gasteiger partial charge in [-0.15, -0.1) is 0 Å². The van der Waals surface area contributed by atoms with Crippen LogP contribution in [0.5, 0.6) is 0 Å². The zero-order valence-corrected chi connectivity index (χ0v) is 14.0. The molecule has 2 unspecified atom stereocenters. The second kappa shape index (κ2) is 8.75. The van der Waals surface area contributed by atoms with Gasteiger partial charge in [-0.05, 0) is 57.7 Å². The van der Waals surface area contributed by atoms with Crippen molar-refractivity contribution in [2.45, 2.75) is 38.6 Å². The van der Waals surface area contributed by atoms with E-state index in [9.17, 15) is 14.9 Å². The van der Waals surface area contributed by atoms with Gasteiger partial charge in [0.05, 0.1) is 11.0 Å². The van der Waals surface area contributed by atoms with Gasteiger partial charge in [0.1, 0.15) is 0 Å². The Morgan fingerprint density at radius 2 is 2.25 bits per heavy atom. The first-order valence-corrected chi connectivity index (χ1v) is 8.41. The molecule has 1 fully saturated rings. The molecule has 1 aromatic carbocycles. The third-order valence-electron chi connectivity index (χ3n) is 4.67. The minimum absolute atomic E-state index is 0.0397. The number of carbonyl (C=O) groups excluding carboxylic acids is 1. The van der Waals surface area contributed by atoms with E-state index in [-0.39, 0.29) is 24.2 Å². The Bertz CT molecular complexity index is 579. The van der Waals surface area contributed by atoms with Crippen molar-refractivity contribution in [2.75, 3.05) is 25.0 Å². The first kappa shape index (κ1) is 18.4. The molecule has 1 amide bonds. The molecule has 2 N–H and O–H groups in total. The van der Waals surface area contributed by atoms with Crippen molar-refractivity contribution in [1.29, 1.82) is 0 Å². The predicted molar refractivity (Wildman–Crippen MR) is 91.8 cm³/mol. The minimum atomic E-state index is -0.477. The van der Waals surface area contributed by atoms with Crippen molar-refractivity contribution >= 4 is 17.3 Å². The predicted octanol–water partition coefficient (Wildman–Crippen LogP) is 2.41. The molecule has 0 bridgehead atoms. The lowest BCUT2D eigenvalue weighted by atomic mass is 9.98. The molecule has 1 aliphatic rings. The number of likely N-dealkylation sites (tertiary alicyclic amines) is 1. The van der Waals surface area contributed by atoms with E-state index in [0.29, 0.717) is 11.6 Å². The minimum Gasteiger partial charge on any atom is -0.396 e. The smallest absolute Gasteiger partial charge is 0.271 e. The summed E-state index contributed by atoms with van der Waals surface area (Å²) in [6.07, 6.45) is 3.90. The molecule has 7 heteroatoms. The fourth-order valence-electron chi connectivity index (χ4n) is 3.16. The van der Waals surface area contributed by atoms with E-state index in [4.69, 9.17) is 5.11 Å². The van der Waals surface area contributed by atoms with Crippen LogP contribution < -0.4 is 5.32 Å². The number of aliphatic hydroxyl groups is 1. The second-order valence-corrected chi connectivity index (χ2v) is 6.32. The van der Waals surface area contributed by atoms with E-state index in [0.717, 1.165) is 38.8 Å². The maximum Gasteiger partial charge on any atom is 0.271 e. The highest BCUT2D eigenvalue weighted by molar-refractivity contribution is 5.94. The molecule has 0 spiro atoms. The zero-order chi connectivity index (χ0) is 17.5. The zero-order valence-electron chi connectivity index (χ0n) is 14.0. The summed E-state index contributed by atoms with van der Waals surface area (Å²) in [4.78, 5) is 24.9. The summed E-state index contributed by atoms with van der Waals surface area (Å²) in [5.74, 6) is 0.364. The summed E-state index contributed by atoms with van der Waals surface area (Å²) in [5, 5.41) is 22.6. The van der Waals surface area contributed by atoms with Gasteiger partial charge in [-0.25, -0.2) is 0 Å². The number of benzene rings is 1. The molecule has 0 aromatic heterocycles. The van der Waals surface area contributed by atoms with Crippen LogP contribution in [0.15, 0.2) is 24.3 Å².